The van der Waals surface area contributed by atoms with Gasteiger partial charge < -0.3 is 36.8 Å². The fourth-order valence-electron chi connectivity index (χ4n) is 10.5. The van der Waals surface area contributed by atoms with Crippen molar-refractivity contribution in [3.05, 3.63) is 123 Å². The summed E-state index contributed by atoms with van der Waals surface area (Å²) in [4.78, 5) is 18.0. The molecule has 326 valence electrons. The fourth-order valence-corrected chi connectivity index (χ4v) is 13.3. The molecule has 8 bridgehead atoms. The van der Waals surface area contributed by atoms with Crippen LogP contribution in [0.25, 0.3) is 0 Å². The average molecular weight is 872 g/mol. The van der Waals surface area contributed by atoms with Gasteiger partial charge in [0.25, 0.3) is 0 Å². The molecule has 0 aromatic heterocycles. The van der Waals surface area contributed by atoms with Gasteiger partial charge in [-0.3, -0.25) is 9.79 Å². The number of nitrogens with two attached hydrogens (primary N) is 2. The summed E-state index contributed by atoms with van der Waals surface area (Å²) in [5, 5.41) is 39.8. The third kappa shape index (κ3) is 9.85. The van der Waals surface area contributed by atoms with Gasteiger partial charge in [-0.25, -0.2) is 0 Å². The Hall–Kier alpha value is -4.44. The lowest BCUT2D eigenvalue weighted by Gasteiger charge is -2.44. The summed E-state index contributed by atoms with van der Waals surface area (Å²) >= 11 is 0. The molecule has 4 atom stereocenters. The fraction of sp³-hybridized carbons (Fsp3) is 0.451. The van der Waals surface area contributed by atoms with Crippen molar-refractivity contribution in [2.75, 3.05) is 26.0 Å². The minimum absolute atomic E-state index is 0.0201. The summed E-state index contributed by atoms with van der Waals surface area (Å²) < 4.78 is 6.16. The Bertz CT molecular complexity index is 2360. The Morgan fingerprint density at radius 1 is 0.984 bits per heavy atom. The quantitative estimate of drug-likeness (QED) is 0.0703. The number of nitrogens with zero attached hydrogens (tertiary/aromatic N) is 1. The largest absolute Gasteiger partial charge is 0.875 e. The van der Waals surface area contributed by atoms with Gasteiger partial charge in [-0.15, -0.1) is 5.76 Å². The minimum Gasteiger partial charge on any atom is -0.875 e. The van der Waals surface area contributed by atoms with E-state index in [1.165, 1.54) is 25.7 Å². The highest BCUT2D eigenvalue weighted by atomic mass is 33.1. The summed E-state index contributed by atoms with van der Waals surface area (Å²) in [6, 6.07) is 14.9. The van der Waals surface area contributed by atoms with E-state index in [-0.39, 0.29) is 46.9 Å². The first-order chi connectivity index (χ1) is 30.0. The van der Waals surface area contributed by atoms with E-state index >= 15 is 0 Å². The van der Waals surface area contributed by atoms with Gasteiger partial charge in [-0.2, -0.15) is 0 Å². The number of phenolic OH excluding ortho intramolecular Hbond substituents is 2. The van der Waals surface area contributed by atoms with Gasteiger partial charge in [-0.1, -0.05) is 70.2 Å². The summed E-state index contributed by atoms with van der Waals surface area (Å²) in [5.41, 5.74) is 20.2. The van der Waals surface area contributed by atoms with Crippen molar-refractivity contribution in [1.82, 2.24) is 5.32 Å². The van der Waals surface area contributed by atoms with Gasteiger partial charge in [-0.05, 0) is 158 Å². The molecule has 3 aliphatic carbocycles. The molecule has 3 aromatic carbocycles. The molecule has 0 radical (unpaired) electrons. The molecule has 7 N–H and O–H groups in total. The SMILES string of the molecule is CNCCCCC1CCC23CCC1(C=CC(=O)CCc1ccc(O)c(c1)OCCc1ccc(O)c(c1)C1CC([O-])=C4C=CN=C4CC#Cc4cc(C(N)N)c(cc41)CSSC2)C3. The van der Waals surface area contributed by atoms with Crippen molar-refractivity contribution in [2.24, 2.45) is 33.2 Å². The molecule has 4 unspecified atom stereocenters. The first kappa shape index (κ1) is 44.2. The number of benzene rings is 3. The number of carbonyl (C=O) groups excluding carboxylic acids is 1. The number of carbonyl (C=O) groups is 1. The number of hydrogen-bond acceptors (Lipinski definition) is 11. The van der Waals surface area contributed by atoms with Gasteiger partial charge >= 0.3 is 0 Å². The highest BCUT2D eigenvalue weighted by molar-refractivity contribution is 8.76. The van der Waals surface area contributed by atoms with Gasteiger partial charge in [0, 0.05) is 47.6 Å². The molecule has 9 nitrogen and oxygen atoms in total. The second-order valence-electron chi connectivity index (χ2n) is 18.0. The van der Waals surface area contributed by atoms with Crippen LogP contribution in [0.1, 0.15) is 122 Å². The van der Waals surface area contributed by atoms with Crippen molar-refractivity contribution < 1.29 is 24.9 Å². The number of hydrogen-bond donors (Lipinski definition) is 5. The number of ketones is 1. The van der Waals surface area contributed by atoms with Gasteiger partial charge in [0.05, 0.1) is 24.9 Å². The number of ether oxygens (including phenoxy) is 1. The van der Waals surface area contributed by atoms with E-state index in [9.17, 15) is 20.1 Å². The van der Waals surface area contributed by atoms with E-state index in [1.54, 1.807) is 24.4 Å². The van der Waals surface area contributed by atoms with Crippen LogP contribution in [0.4, 0.5) is 0 Å². The lowest BCUT2D eigenvalue weighted by Crippen LogP contribution is -2.35. The molecule has 0 amide bonds. The number of phenols is 2. The Labute approximate surface area is 374 Å². The molecular formula is C51H59N4O5S2-. The summed E-state index contributed by atoms with van der Waals surface area (Å²) in [6.07, 6.45) is 18.0. The standard InChI is InChI=1S/C51H60N4O5S2/c1-54-22-3-2-6-37-14-18-50-20-21-51(37,31-50)19-15-38(56)11-8-33-10-13-46(58)48(26-33)60-24-17-34-9-12-45(57)43(25-34)42-29-47(59)39-16-23-55-44(39)7-4-5-35-27-41(49(52)53)36(28-40(35)42)30-61-62-32-50/h9-10,12-13,15-16,19,23,25-28,37,42,49,54,57-59H,2-3,6-8,11,14,17-18,20-22,24,29-32,52-53H2,1H3/p-1. The molecule has 62 heavy (non-hydrogen) atoms. The van der Waals surface area contributed by atoms with E-state index < -0.39 is 12.1 Å². The van der Waals surface area contributed by atoms with Crippen molar-refractivity contribution in [1.29, 1.82) is 0 Å². The van der Waals surface area contributed by atoms with Crippen molar-refractivity contribution in [3.63, 3.8) is 0 Å². The Morgan fingerprint density at radius 3 is 2.66 bits per heavy atom. The van der Waals surface area contributed by atoms with Crippen molar-refractivity contribution >= 4 is 33.1 Å². The zero-order chi connectivity index (χ0) is 43.3. The van der Waals surface area contributed by atoms with Crippen LogP contribution in [0.2, 0.25) is 0 Å². The van der Waals surface area contributed by atoms with Gasteiger partial charge in [0.1, 0.15) is 5.75 Å². The van der Waals surface area contributed by atoms with E-state index in [2.05, 4.69) is 34.3 Å². The Morgan fingerprint density at radius 2 is 1.82 bits per heavy atom. The molecular weight excluding hydrogens is 813 g/mol. The summed E-state index contributed by atoms with van der Waals surface area (Å²) in [6.45, 7) is 1.28. The second-order valence-corrected chi connectivity index (χ2v) is 20.5. The zero-order valence-electron chi connectivity index (χ0n) is 35.7. The molecule has 5 aliphatic rings. The van der Waals surface area contributed by atoms with Gasteiger partial charge in [0.2, 0.25) is 0 Å². The van der Waals surface area contributed by atoms with Crippen LogP contribution in [0.3, 0.4) is 0 Å². The highest BCUT2D eigenvalue weighted by Gasteiger charge is 2.53. The van der Waals surface area contributed by atoms with E-state index in [1.807, 2.05) is 65.0 Å². The number of nitrogens with one attached hydrogen (secondary N) is 1. The molecule has 0 saturated heterocycles. The topological polar surface area (TPSA) is 166 Å². The number of allylic oxidation sites excluding steroid dienone is 5. The lowest BCUT2D eigenvalue weighted by molar-refractivity contribution is -0.307. The summed E-state index contributed by atoms with van der Waals surface area (Å²) in [7, 11) is 5.74. The first-order valence-electron chi connectivity index (χ1n) is 22.2. The lowest BCUT2D eigenvalue weighted by atomic mass is 9.62. The van der Waals surface area contributed by atoms with E-state index in [0.717, 1.165) is 71.4 Å². The van der Waals surface area contributed by atoms with Gasteiger partial charge in [0.15, 0.2) is 17.3 Å². The van der Waals surface area contributed by atoms with Crippen LogP contribution < -0.4 is 26.6 Å². The third-order valence-electron chi connectivity index (χ3n) is 14.0. The van der Waals surface area contributed by atoms with Crippen LogP contribution in [-0.2, 0) is 23.4 Å². The molecule has 2 fully saturated rings. The van der Waals surface area contributed by atoms with Crippen molar-refractivity contribution in [2.45, 2.75) is 101 Å². The molecule has 2 heterocycles. The van der Waals surface area contributed by atoms with Crippen LogP contribution >= 0.6 is 21.6 Å². The maximum atomic E-state index is 14.2. The van der Waals surface area contributed by atoms with Crippen LogP contribution in [0.15, 0.2) is 89.3 Å². The molecule has 3 aromatic rings. The number of aliphatic imine (C=N–C) groups is 1. The van der Waals surface area contributed by atoms with Crippen LogP contribution in [0, 0.1) is 28.6 Å². The normalized spacial score (nSPS) is 25.2. The molecule has 8 rings (SSSR count). The van der Waals surface area contributed by atoms with E-state index in [0.29, 0.717) is 60.0 Å². The smallest absolute Gasteiger partial charge is 0.161 e. The second kappa shape index (κ2) is 19.5. The van der Waals surface area contributed by atoms with Crippen LogP contribution in [0.5, 0.6) is 17.2 Å². The zero-order valence-corrected chi connectivity index (χ0v) is 37.4. The minimum atomic E-state index is -0.735. The number of rotatable bonds is 6. The maximum Gasteiger partial charge on any atom is 0.161 e. The predicted molar refractivity (Wildman–Crippen MR) is 250 cm³/mol. The van der Waals surface area contributed by atoms with E-state index in [4.69, 9.17) is 16.2 Å². The predicted octanol–water partition coefficient (Wildman–Crippen LogP) is 8.40. The molecule has 2 aliphatic heterocycles. The first-order valence-corrected chi connectivity index (χ1v) is 24.7. The average Bonchev–Trinajstić information content (AvgIpc) is 3.86. The molecule has 2 saturated carbocycles. The number of aryl methyl sites for hydroxylation is 1. The number of unbranched alkanes of at least 4 members (excludes halogenated alkanes) is 1. The summed E-state index contributed by atoms with van der Waals surface area (Å²) in [5.74, 6) is 8.92. The monoisotopic (exact) mass is 871 g/mol. The van der Waals surface area contributed by atoms with Crippen LogP contribution in [-0.4, -0.2) is 47.7 Å². The Kier molecular flexibility index (Phi) is 13.9. The maximum absolute atomic E-state index is 14.2. The third-order valence-corrected chi connectivity index (χ3v) is 16.5. The highest BCUT2D eigenvalue weighted by Crippen LogP contribution is 2.64. The Balaban J connectivity index is 1.16. The number of fused-ring (bicyclic) bond motifs is 7. The molecule has 0 spiro atoms. The molecule has 11 heteroatoms. The number of aromatic hydroxyl groups is 2. The van der Waals surface area contributed by atoms with Crippen molar-refractivity contribution in [3.8, 4) is 29.1 Å².